The Morgan fingerprint density at radius 3 is 2.67 bits per heavy atom. The van der Waals surface area contributed by atoms with Gasteiger partial charge in [0.25, 0.3) is 0 Å². The number of carbonyl (C=O) groups is 2. The number of nitrogens with one attached hydrogen (secondary N) is 2. The summed E-state index contributed by atoms with van der Waals surface area (Å²) < 4.78 is 5.22. The lowest BCUT2D eigenvalue weighted by molar-refractivity contribution is -0.150. The van der Waals surface area contributed by atoms with E-state index in [9.17, 15) is 9.59 Å². The number of esters is 1. The van der Waals surface area contributed by atoms with Crippen LogP contribution in [-0.4, -0.2) is 77.9 Å². The van der Waals surface area contributed by atoms with Crippen molar-refractivity contribution in [1.29, 1.82) is 0 Å². The third kappa shape index (κ3) is 6.45. The number of ether oxygens (including phenoxy) is 1. The molecule has 39 heavy (non-hydrogen) atoms. The van der Waals surface area contributed by atoms with Crippen LogP contribution in [0.2, 0.25) is 5.02 Å². The molecule has 208 valence electrons. The summed E-state index contributed by atoms with van der Waals surface area (Å²) in [5.74, 6) is 0.838. The molecular formula is C25H32ClN9O3S. The Morgan fingerprint density at radius 1 is 1.26 bits per heavy atom. The van der Waals surface area contributed by atoms with Gasteiger partial charge in [0.2, 0.25) is 0 Å². The van der Waals surface area contributed by atoms with Crippen LogP contribution in [0.1, 0.15) is 18.3 Å². The van der Waals surface area contributed by atoms with Gasteiger partial charge in [-0.2, -0.15) is 0 Å². The zero-order valence-corrected chi connectivity index (χ0v) is 23.6. The Hall–Kier alpha value is -3.36. The van der Waals surface area contributed by atoms with Crippen molar-refractivity contribution in [1.82, 2.24) is 25.2 Å². The number of hydrogen-bond donors (Lipinski definition) is 3. The maximum atomic E-state index is 13.8. The number of rotatable bonds is 9. The van der Waals surface area contributed by atoms with Crippen molar-refractivity contribution in [3.8, 4) is 0 Å². The predicted octanol–water partition coefficient (Wildman–Crippen LogP) is 2.95. The van der Waals surface area contributed by atoms with E-state index in [0.717, 1.165) is 0 Å². The summed E-state index contributed by atoms with van der Waals surface area (Å²) in [6, 6.07) is 4.81. The van der Waals surface area contributed by atoms with Gasteiger partial charge >= 0.3 is 12.0 Å². The Labute approximate surface area is 236 Å². The fourth-order valence-corrected chi connectivity index (χ4v) is 5.27. The maximum Gasteiger partial charge on any atom is 0.338 e. The van der Waals surface area contributed by atoms with Crippen molar-refractivity contribution in [3.05, 3.63) is 52.4 Å². The van der Waals surface area contributed by atoms with Crippen LogP contribution in [0.5, 0.6) is 0 Å². The van der Waals surface area contributed by atoms with Crippen molar-refractivity contribution in [2.75, 3.05) is 55.0 Å². The molecule has 3 heterocycles. The number of aryl methyl sites for hydroxylation is 1. The molecule has 1 aromatic carbocycles. The van der Waals surface area contributed by atoms with Gasteiger partial charge in [-0.1, -0.05) is 23.7 Å². The highest BCUT2D eigenvalue weighted by molar-refractivity contribution is 7.13. The Bertz CT molecular complexity index is 1290. The van der Waals surface area contributed by atoms with Crippen molar-refractivity contribution in [3.63, 3.8) is 0 Å². The summed E-state index contributed by atoms with van der Waals surface area (Å²) in [7, 11) is 1.74. The number of benzene rings is 1. The van der Waals surface area contributed by atoms with Crippen molar-refractivity contribution in [2.24, 2.45) is 5.73 Å². The highest BCUT2D eigenvalue weighted by Crippen LogP contribution is 2.36. The predicted molar refractivity (Wildman–Crippen MR) is 153 cm³/mol. The largest absolute Gasteiger partial charge is 0.464 e. The average Bonchev–Trinajstić information content (AvgIpc) is 3.46. The Balaban J connectivity index is 1.64. The van der Waals surface area contributed by atoms with Crippen LogP contribution in [0, 0.1) is 6.92 Å². The fourth-order valence-electron chi connectivity index (χ4n) is 4.37. The standard InChI is InChI=1S/C25H32ClN9O3S/c1-4-38-23(36)22(28-3)34-11-9-33(10-12-34)21-19(15-30-16(2)31-21)35(25-29-8-13-39-25)24(37)32-20-17(14-27)6-5-7-18(20)26/h5-8,13,15,22,28H,4,9-12,14,27H2,1-3H3,(H,32,37). The average molecular weight is 574 g/mol. The second-order valence-corrected chi connectivity index (χ2v) is 9.93. The molecule has 4 rings (SSSR count). The highest BCUT2D eigenvalue weighted by Gasteiger charge is 2.32. The number of piperazine rings is 1. The van der Waals surface area contributed by atoms with Gasteiger partial charge in [-0.3, -0.25) is 10.2 Å². The summed E-state index contributed by atoms with van der Waals surface area (Å²) in [5.41, 5.74) is 7.51. The molecular weight excluding hydrogens is 542 g/mol. The number of amides is 2. The second-order valence-electron chi connectivity index (χ2n) is 8.65. The first kappa shape index (κ1) is 28.6. The number of hydrogen-bond acceptors (Lipinski definition) is 11. The summed E-state index contributed by atoms with van der Waals surface area (Å²) >= 11 is 7.73. The molecule has 1 unspecified atom stereocenters. The summed E-state index contributed by atoms with van der Waals surface area (Å²) in [5, 5.41) is 8.56. The van der Waals surface area contributed by atoms with Crippen LogP contribution in [-0.2, 0) is 16.1 Å². The molecule has 2 amide bonds. The minimum absolute atomic E-state index is 0.204. The normalized spacial score (nSPS) is 14.6. The highest BCUT2D eigenvalue weighted by atomic mass is 35.5. The van der Waals surface area contributed by atoms with Crippen LogP contribution < -0.4 is 26.2 Å². The smallest absolute Gasteiger partial charge is 0.338 e. The number of aromatic nitrogens is 3. The number of carbonyl (C=O) groups excluding carboxylic acids is 2. The van der Waals surface area contributed by atoms with Gasteiger partial charge in [-0.25, -0.2) is 29.4 Å². The summed E-state index contributed by atoms with van der Waals surface area (Å²) in [6.45, 7) is 6.39. The lowest BCUT2D eigenvalue weighted by atomic mass is 10.2. The lowest BCUT2D eigenvalue weighted by Gasteiger charge is -2.39. The molecule has 0 saturated carbocycles. The van der Waals surface area contributed by atoms with Gasteiger partial charge in [0, 0.05) is 44.3 Å². The van der Waals surface area contributed by atoms with Crippen LogP contribution in [0.3, 0.4) is 0 Å². The topological polar surface area (TPSA) is 142 Å². The van der Waals surface area contributed by atoms with E-state index in [0.29, 0.717) is 71.5 Å². The van der Waals surface area contributed by atoms with E-state index in [-0.39, 0.29) is 12.5 Å². The zero-order chi connectivity index (χ0) is 27.9. The number of likely N-dealkylation sites (N-methyl/N-ethyl adjacent to an activating group) is 1. The van der Waals surface area contributed by atoms with Crippen LogP contribution in [0.15, 0.2) is 36.0 Å². The van der Waals surface area contributed by atoms with Gasteiger partial charge < -0.3 is 20.7 Å². The first-order valence-corrected chi connectivity index (χ1v) is 13.8. The molecule has 12 nitrogen and oxygen atoms in total. The maximum absolute atomic E-state index is 13.8. The molecule has 1 aliphatic rings. The van der Waals surface area contributed by atoms with Gasteiger partial charge in [0.1, 0.15) is 11.5 Å². The van der Waals surface area contributed by atoms with E-state index in [1.54, 1.807) is 50.8 Å². The Kier molecular flexibility index (Phi) is 9.64. The number of anilines is 4. The minimum atomic E-state index is -0.538. The van der Waals surface area contributed by atoms with E-state index in [4.69, 9.17) is 27.1 Å². The molecule has 0 radical (unpaired) electrons. The van der Waals surface area contributed by atoms with E-state index in [1.165, 1.54) is 16.2 Å². The summed E-state index contributed by atoms with van der Waals surface area (Å²) in [4.78, 5) is 45.3. The molecule has 1 saturated heterocycles. The molecule has 1 atom stereocenters. The fraction of sp³-hybridized carbons (Fsp3) is 0.400. The monoisotopic (exact) mass is 573 g/mol. The first-order valence-electron chi connectivity index (χ1n) is 12.5. The van der Waals surface area contributed by atoms with Gasteiger partial charge in [-0.15, -0.1) is 11.3 Å². The van der Waals surface area contributed by atoms with E-state index in [1.807, 2.05) is 11.0 Å². The quantitative estimate of drug-likeness (QED) is 0.327. The number of para-hydroxylation sites is 1. The molecule has 0 spiro atoms. The SMILES string of the molecule is CCOC(=O)C(NC)N1CCN(c2nc(C)ncc2N(C(=O)Nc2c(Cl)cccc2CN)c2nccs2)CC1. The van der Waals surface area contributed by atoms with Gasteiger partial charge in [0.15, 0.2) is 17.1 Å². The molecule has 0 aliphatic carbocycles. The lowest BCUT2D eigenvalue weighted by Crippen LogP contribution is -2.57. The molecule has 4 N–H and O–H groups in total. The molecule has 14 heteroatoms. The zero-order valence-electron chi connectivity index (χ0n) is 22.1. The van der Waals surface area contributed by atoms with Crippen molar-refractivity contribution in [2.45, 2.75) is 26.6 Å². The number of nitrogens with zero attached hydrogens (tertiary/aromatic N) is 6. The van der Waals surface area contributed by atoms with E-state index in [2.05, 4.69) is 25.5 Å². The van der Waals surface area contributed by atoms with Crippen LogP contribution >= 0.6 is 22.9 Å². The molecule has 1 fully saturated rings. The third-order valence-electron chi connectivity index (χ3n) is 6.24. The van der Waals surface area contributed by atoms with Gasteiger partial charge in [-0.05, 0) is 32.5 Å². The van der Waals surface area contributed by atoms with Crippen LogP contribution in [0.4, 0.5) is 27.1 Å². The number of nitrogens with two attached hydrogens (primary N) is 1. The molecule has 2 aromatic heterocycles. The second kappa shape index (κ2) is 13.1. The molecule has 0 bridgehead atoms. The molecule has 3 aromatic rings. The van der Waals surface area contributed by atoms with Crippen molar-refractivity contribution < 1.29 is 14.3 Å². The third-order valence-corrected chi connectivity index (χ3v) is 7.31. The summed E-state index contributed by atoms with van der Waals surface area (Å²) in [6.07, 6.45) is 2.71. The van der Waals surface area contributed by atoms with Gasteiger partial charge in [0.05, 0.1) is 23.5 Å². The van der Waals surface area contributed by atoms with E-state index < -0.39 is 12.2 Å². The number of halogens is 1. The molecule has 1 aliphatic heterocycles. The van der Waals surface area contributed by atoms with Crippen molar-refractivity contribution >= 4 is 57.3 Å². The Morgan fingerprint density at radius 2 is 2.03 bits per heavy atom. The first-order chi connectivity index (χ1) is 18.9. The number of urea groups is 1. The van der Waals surface area contributed by atoms with Crippen LogP contribution in [0.25, 0.3) is 0 Å². The number of thiazole rings is 1. The minimum Gasteiger partial charge on any atom is -0.464 e. The van der Waals surface area contributed by atoms with E-state index >= 15 is 0 Å².